The van der Waals surface area contributed by atoms with Crippen molar-refractivity contribution in [3.8, 4) is 11.5 Å². The van der Waals surface area contributed by atoms with Crippen LogP contribution in [0.5, 0.6) is 11.5 Å². The zero-order valence-corrected chi connectivity index (χ0v) is 14.5. The summed E-state index contributed by atoms with van der Waals surface area (Å²) in [6.07, 6.45) is 2.62. The summed E-state index contributed by atoms with van der Waals surface area (Å²) in [6, 6.07) is 11.4. The standard InChI is InChI=1S/C17H13IN2O3/c1-22-15-7-12-13(8-16(15)23-18)19-9-11-6-10-4-2-3-5-14(10)20(11)17(12)21/h2-5,7-9,11H,6H2,1H3/t11-/m0/s1. The van der Waals surface area contributed by atoms with Gasteiger partial charge in [-0.3, -0.25) is 14.7 Å². The van der Waals surface area contributed by atoms with Gasteiger partial charge in [-0.1, -0.05) is 18.2 Å². The molecule has 5 nitrogen and oxygen atoms in total. The van der Waals surface area contributed by atoms with E-state index in [0.29, 0.717) is 22.7 Å². The number of carbonyl (C=O) groups excluding carboxylic acids is 1. The quantitative estimate of drug-likeness (QED) is 0.697. The highest BCUT2D eigenvalue weighted by molar-refractivity contribution is 14.1. The van der Waals surface area contributed by atoms with Gasteiger partial charge in [-0.05, 0) is 17.7 Å². The lowest BCUT2D eigenvalue weighted by Crippen LogP contribution is -2.37. The van der Waals surface area contributed by atoms with Gasteiger partial charge in [0.25, 0.3) is 5.91 Å². The smallest absolute Gasteiger partial charge is 0.261 e. The van der Waals surface area contributed by atoms with Crippen molar-refractivity contribution < 1.29 is 12.6 Å². The third-order valence-electron chi connectivity index (χ3n) is 4.21. The van der Waals surface area contributed by atoms with Crippen molar-refractivity contribution in [2.45, 2.75) is 12.5 Å². The predicted octanol–water partition coefficient (Wildman–Crippen LogP) is 3.71. The summed E-state index contributed by atoms with van der Waals surface area (Å²) in [5, 5.41) is 0. The zero-order valence-electron chi connectivity index (χ0n) is 12.3. The first kappa shape index (κ1) is 14.5. The largest absolute Gasteiger partial charge is 0.493 e. The van der Waals surface area contributed by atoms with Crippen LogP contribution in [0.15, 0.2) is 41.4 Å². The first-order chi connectivity index (χ1) is 11.2. The van der Waals surface area contributed by atoms with Crippen molar-refractivity contribution in [1.29, 1.82) is 0 Å². The van der Waals surface area contributed by atoms with Gasteiger partial charge in [0.2, 0.25) is 0 Å². The van der Waals surface area contributed by atoms with Crippen LogP contribution < -0.4 is 12.7 Å². The number of carbonyl (C=O) groups is 1. The maximum atomic E-state index is 13.1. The number of para-hydroxylation sites is 1. The Morgan fingerprint density at radius 1 is 1.26 bits per heavy atom. The number of methoxy groups -OCH3 is 1. The minimum Gasteiger partial charge on any atom is -0.493 e. The van der Waals surface area contributed by atoms with Gasteiger partial charge in [0.15, 0.2) is 34.5 Å². The number of rotatable bonds is 2. The molecule has 0 spiro atoms. The number of nitrogens with zero attached hydrogens (tertiary/aromatic N) is 2. The van der Waals surface area contributed by atoms with Crippen LogP contribution in [0.3, 0.4) is 0 Å². The van der Waals surface area contributed by atoms with Crippen LogP contribution in [0, 0.1) is 0 Å². The van der Waals surface area contributed by atoms with E-state index >= 15 is 0 Å². The second-order valence-corrected chi connectivity index (χ2v) is 5.89. The monoisotopic (exact) mass is 420 g/mol. The number of anilines is 1. The Morgan fingerprint density at radius 2 is 2.09 bits per heavy atom. The number of ether oxygens (including phenoxy) is 1. The molecule has 0 saturated carbocycles. The average Bonchev–Trinajstić information content (AvgIpc) is 2.90. The fraction of sp³-hybridized carbons (Fsp3) is 0.176. The molecule has 0 radical (unpaired) electrons. The first-order valence-corrected chi connectivity index (χ1v) is 8.07. The molecular formula is C17H13IN2O3. The normalized spacial score (nSPS) is 18.1. The fourth-order valence-electron chi connectivity index (χ4n) is 3.14. The molecular weight excluding hydrogens is 407 g/mol. The van der Waals surface area contributed by atoms with E-state index in [0.717, 1.165) is 12.1 Å². The van der Waals surface area contributed by atoms with Crippen molar-refractivity contribution in [3.05, 3.63) is 47.5 Å². The minimum atomic E-state index is -0.0641. The average molecular weight is 420 g/mol. The number of aliphatic imine (C=N–C) groups is 1. The van der Waals surface area contributed by atoms with Gasteiger partial charge in [-0.25, -0.2) is 0 Å². The van der Waals surface area contributed by atoms with E-state index in [1.54, 1.807) is 42.2 Å². The van der Waals surface area contributed by atoms with Gasteiger partial charge in [-0.2, -0.15) is 0 Å². The van der Waals surface area contributed by atoms with Gasteiger partial charge in [-0.15, -0.1) is 0 Å². The summed E-state index contributed by atoms with van der Waals surface area (Å²) in [7, 11) is 1.55. The molecule has 0 unspecified atom stereocenters. The Hall–Kier alpha value is -2.09. The molecule has 2 heterocycles. The number of hydrogen-bond donors (Lipinski definition) is 0. The molecule has 23 heavy (non-hydrogen) atoms. The molecule has 2 aliphatic rings. The maximum absolute atomic E-state index is 13.1. The van der Waals surface area contributed by atoms with Crippen molar-refractivity contribution in [3.63, 3.8) is 0 Å². The lowest BCUT2D eigenvalue weighted by molar-refractivity contribution is 0.0987. The van der Waals surface area contributed by atoms with Crippen LogP contribution in [-0.4, -0.2) is 25.3 Å². The van der Waals surface area contributed by atoms with Crippen LogP contribution in [0.1, 0.15) is 15.9 Å². The summed E-state index contributed by atoms with van der Waals surface area (Å²) < 4.78 is 10.6. The predicted molar refractivity (Wildman–Crippen MR) is 96.5 cm³/mol. The van der Waals surface area contributed by atoms with Crippen molar-refractivity contribution in [1.82, 2.24) is 0 Å². The van der Waals surface area contributed by atoms with Gasteiger partial charge in [0.05, 0.1) is 24.4 Å². The van der Waals surface area contributed by atoms with Crippen LogP contribution in [-0.2, 0) is 6.42 Å². The van der Waals surface area contributed by atoms with E-state index in [9.17, 15) is 4.79 Å². The Kier molecular flexibility index (Phi) is 3.48. The molecule has 0 saturated heterocycles. The Labute approximate surface area is 147 Å². The van der Waals surface area contributed by atoms with E-state index in [1.807, 2.05) is 29.3 Å². The first-order valence-electron chi connectivity index (χ1n) is 7.19. The topological polar surface area (TPSA) is 51.1 Å². The van der Waals surface area contributed by atoms with E-state index in [2.05, 4.69) is 11.1 Å². The zero-order chi connectivity index (χ0) is 16.0. The summed E-state index contributed by atoms with van der Waals surface area (Å²) >= 11 is 1.79. The number of benzene rings is 2. The van der Waals surface area contributed by atoms with Crippen LogP contribution in [0.25, 0.3) is 0 Å². The number of hydrogen-bond acceptors (Lipinski definition) is 4. The molecule has 6 heteroatoms. The number of halogens is 1. The summed E-state index contributed by atoms with van der Waals surface area (Å²) in [4.78, 5) is 19.4. The Balaban J connectivity index is 1.87. The van der Waals surface area contributed by atoms with Crippen LogP contribution in [0.2, 0.25) is 0 Å². The molecule has 0 bridgehead atoms. The lowest BCUT2D eigenvalue weighted by atomic mass is 10.1. The molecule has 1 amide bonds. The highest BCUT2D eigenvalue weighted by atomic mass is 127. The summed E-state index contributed by atoms with van der Waals surface area (Å²) in [5.41, 5.74) is 3.25. The molecule has 4 rings (SSSR count). The molecule has 116 valence electrons. The van der Waals surface area contributed by atoms with E-state index in [1.165, 1.54) is 5.56 Å². The van der Waals surface area contributed by atoms with Crippen LogP contribution in [0.4, 0.5) is 11.4 Å². The van der Waals surface area contributed by atoms with Crippen molar-refractivity contribution in [2.24, 2.45) is 4.99 Å². The second-order valence-electron chi connectivity index (χ2n) is 5.45. The SMILES string of the molecule is COc1cc2c(cc1OI)N=C[C@@H]1Cc3ccccc3N1C2=O. The fourth-order valence-corrected chi connectivity index (χ4v) is 3.48. The highest BCUT2D eigenvalue weighted by Crippen LogP contribution is 2.41. The summed E-state index contributed by atoms with van der Waals surface area (Å²) in [6.45, 7) is 0. The number of amides is 1. The van der Waals surface area contributed by atoms with E-state index in [-0.39, 0.29) is 11.9 Å². The summed E-state index contributed by atoms with van der Waals surface area (Å²) in [5.74, 6) is 1.01. The van der Waals surface area contributed by atoms with Crippen LogP contribution >= 0.6 is 23.0 Å². The van der Waals surface area contributed by atoms with Crippen molar-refractivity contribution >= 4 is 46.5 Å². The Bertz CT molecular complexity index is 835. The highest BCUT2D eigenvalue weighted by Gasteiger charge is 2.36. The van der Waals surface area contributed by atoms with E-state index < -0.39 is 0 Å². The molecule has 1 atom stereocenters. The number of fused-ring (bicyclic) bond motifs is 4. The van der Waals surface area contributed by atoms with Crippen molar-refractivity contribution in [2.75, 3.05) is 12.0 Å². The molecule has 2 aromatic carbocycles. The third kappa shape index (κ3) is 2.20. The maximum Gasteiger partial charge on any atom is 0.261 e. The van der Waals surface area contributed by atoms with Gasteiger partial charge < -0.3 is 7.80 Å². The molecule has 0 fully saturated rings. The Morgan fingerprint density at radius 3 is 2.87 bits per heavy atom. The van der Waals surface area contributed by atoms with Gasteiger partial charge in [0, 0.05) is 24.4 Å². The lowest BCUT2D eigenvalue weighted by Gasteiger charge is -2.21. The molecule has 0 N–H and O–H groups in total. The van der Waals surface area contributed by atoms with E-state index in [4.69, 9.17) is 7.80 Å². The second kappa shape index (κ2) is 5.52. The molecule has 2 aliphatic heterocycles. The van der Waals surface area contributed by atoms with Gasteiger partial charge >= 0.3 is 0 Å². The minimum absolute atomic E-state index is 0.0535. The molecule has 2 aromatic rings. The molecule has 0 aliphatic carbocycles. The van der Waals surface area contributed by atoms with Gasteiger partial charge in [0.1, 0.15) is 0 Å². The molecule has 0 aromatic heterocycles. The third-order valence-corrected chi connectivity index (χ3v) is 4.69.